The summed E-state index contributed by atoms with van der Waals surface area (Å²) in [7, 11) is 1.37. The Morgan fingerprint density at radius 2 is 2.19 bits per heavy atom. The van der Waals surface area contributed by atoms with E-state index in [4.69, 9.17) is 4.74 Å². The Bertz CT molecular complexity index is 512. The summed E-state index contributed by atoms with van der Waals surface area (Å²) in [5, 5.41) is 7.16. The first kappa shape index (κ1) is 15.5. The lowest BCUT2D eigenvalue weighted by Gasteiger charge is -2.19. The minimum atomic E-state index is -0.324. The van der Waals surface area contributed by atoms with E-state index in [1.807, 2.05) is 0 Å². The molecule has 3 atom stereocenters. The number of carbonyl (C=O) groups is 2. The van der Waals surface area contributed by atoms with Crippen LogP contribution in [-0.4, -0.2) is 28.8 Å². The van der Waals surface area contributed by atoms with Crippen LogP contribution in [0.4, 0.5) is 5.82 Å². The monoisotopic (exact) mass is 293 g/mol. The lowest BCUT2D eigenvalue weighted by molar-refractivity contribution is -0.148. The number of amides is 1. The highest BCUT2D eigenvalue weighted by Gasteiger charge is 2.38. The van der Waals surface area contributed by atoms with Crippen molar-refractivity contribution in [1.82, 2.24) is 9.78 Å². The molecule has 1 amide bonds. The number of hydrogen-bond donors (Lipinski definition) is 1. The van der Waals surface area contributed by atoms with Crippen LogP contribution in [0.1, 0.15) is 45.6 Å². The Hall–Kier alpha value is -1.85. The zero-order chi connectivity index (χ0) is 15.4. The van der Waals surface area contributed by atoms with Crippen LogP contribution in [0.5, 0.6) is 0 Å². The Morgan fingerprint density at radius 1 is 1.48 bits per heavy atom. The molecule has 0 aromatic carbocycles. The molecular weight excluding hydrogens is 270 g/mol. The van der Waals surface area contributed by atoms with Gasteiger partial charge in [0.05, 0.1) is 31.2 Å². The third-order valence-electron chi connectivity index (χ3n) is 4.29. The minimum Gasteiger partial charge on any atom is -0.469 e. The summed E-state index contributed by atoms with van der Waals surface area (Å²) < 4.78 is 6.60. The summed E-state index contributed by atoms with van der Waals surface area (Å²) in [5.74, 6) is -0.353. The van der Waals surface area contributed by atoms with Crippen LogP contribution in [-0.2, 0) is 14.3 Å². The van der Waals surface area contributed by atoms with Crippen molar-refractivity contribution in [2.45, 2.75) is 45.6 Å². The average Bonchev–Trinajstić information content (AvgIpc) is 3.14. The summed E-state index contributed by atoms with van der Waals surface area (Å²) >= 11 is 0. The van der Waals surface area contributed by atoms with Crippen molar-refractivity contribution in [2.75, 3.05) is 12.4 Å². The van der Waals surface area contributed by atoms with Crippen LogP contribution < -0.4 is 5.32 Å². The maximum absolute atomic E-state index is 12.4. The highest BCUT2D eigenvalue weighted by molar-refractivity contribution is 5.95. The quantitative estimate of drug-likeness (QED) is 0.846. The van der Waals surface area contributed by atoms with E-state index in [9.17, 15) is 9.59 Å². The molecule has 116 valence electrons. The maximum atomic E-state index is 12.4. The normalized spacial score (nSPS) is 22.8. The molecule has 0 aliphatic heterocycles. The van der Waals surface area contributed by atoms with Gasteiger partial charge in [0.2, 0.25) is 5.91 Å². The molecule has 1 saturated carbocycles. The Kier molecular flexibility index (Phi) is 4.98. The van der Waals surface area contributed by atoms with E-state index in [1.54, 1.807) is 16.9 Å². The number of hydrogen-bond acceptors (Lipinski definition) is 4. The molecule has 2 rings (SSSR count). The van der Waals surface area contributed by atoms with E-state index in [2.05, 4.69) is 24.3 Å². The van der Waals surface area contributed by atoms with E-state index < -0.39 is 0 Å². The Balaban J connectivity index is 2.08. The van der Waals surface area contributed by atoms with Crippen molar-refractivity contribution >= 4 is 17.7 Å². The van der Waals surface area contributed by atoms with Gasteiger partial charge in [0.1, 0.15) is 5.82 Å². The molecule has 0 bridgehead atoms. The molecular formula is C15H23N3O3. The number of esters is 1. The predicted octanol–water partition coefficient (Wildman–Crippen LogP) is 2.38. The molecule has 0 radical (unpaired) electrons. The second-order valence-corrected chi connectivity index (χ2v) is 5.57. The molecule has 1 fully saturated rings. The van der Waals surface area contributed by atoms with Crippen molar-refractivity contribution in [3.05, 3.63) is 12.3 Å². The zero-order valence-electron chi connectivity index (χ0n) is 12.8. The van der Waals surface area contributed by atoms with E-state index >= 15 is 0 Å². The summed E-state index contributed by atoms with van der Waals surface area (Å²) in [6, 6.07) is 2.00. The van der Waals surface area contributed by atoms with Gasteiger partial charge in [-0.15, -0.1) is 0 Å². The fourth-order valence-electron chi connectivity index (χ4n) is 2.86. The lowest BCUT2D eigenvalue weighted by Crippen LogP contribution is -2.31. The minimum absolute atomic E-state index is 0.118. The van der Waals surface area contributed by atoms with E-state index in [-0.39, 0.29) is 29.8 Å². The third-order valence-corrected chi connectivity index (χ3v) is 4.29. The van der Waals surface area contributed by atoms with Crippen molar-refractivity contribution in [3.8, 4) is 0 Å². The molecule has 1 aromatic heterocycles. The number of nitrogens with one attached hydrogen (secondary N) is 1. The number of carbonyl (C=O) groups excluding carboxylic acids is 2. The molecule has 1 aliphatic carbocycles. The van der Waals surface area contributed by atoms with Gasteiger partial charge in [-0.2, -0.15) is 5.10 Å². The van der Waals surface area contributed by atoms with Crippen LogP contribution in [0.2, 0.25) is 0 Å². The molecule has 0 saturated heterocycles. The second-order valence-electron chi connectivity index (χ2n) is 5.57. The first-order valence-corrected chi connectivity index (χ1v) is 7.50. The number of anilines is 1. The molecule has 1 aliphatic rings. The van der Waals surface area contributed by atoms with Gasteiger partial charge in [0, 0.05) is 6.07 Å². The van der Waals surface area contributed by atoms with Crippen molar-refractivity contribution in [2.24, 2.45) is 11.8 Å². The first-order valence-electron chi connectivity index (χ1n) is 7.50. The number of rotatable bonds is 5. The van der Waals surface area contributed by atoms with Gasteiger partial charge in [-0.25, -0.2) is 4.68 Å². The molecule has 1 aromatic rings. The fraction of sp³-hybridized carbons (Fsp3) is 0.667. The van der Waals surface area contributed by atoms with Gasteiger partial charge >= 0.3 is 5.97 Å². The topological polar surface area (TPSA) is 73.2 Å². The van der Waals surface area contributed by atoms with Gasteiger partial charge in [0.15, 0.2) is 0 Å². The van der Waals surface area contributed by atoms with E-state index in [0.29, 0.717) is 5.82 Å². The SMILES string of the molecule is CC[C@H](C)n1nccc1NC(=O)[C@@H]1CCC[C@@H]1C(=O)OC. The zero-order valence-corrected chi connectivity index (χ0v) is 12.8. The van der Waals surface area contributed by atoms with Crippen LogP contribution in [0, 0.1) is 11.8 Å². The highest BCUT2D eigenvalue weighted by Crippen LogP contribution is 2.33. The van der Waals surface area contributed by atoms with Crippen LogP contribution in [0.3, 0.4) is 0 Å². The van der Waals surface area contributed by atoms with Crippen LogP contribution >= 0.6 is 0 Å². The molecule has 21 heavy (non-hydrogen) atoms. The summed E-state index contributed by atoms with van der Waals surface area (Å²) in [6.07, 6.45) is 4.92. The van der Waals surface area contributed by atoms with E-state index in [0.717, 1.165) is 25.7 Å². The van der Waals surface area contributed by atoms with Gasteiger partial charge in [-0.3, -0.25) is 9.59 Å². The van der Waals surface area contributed by atoms with Gasteiger partial charge in [-0.1, -0.05) is 13.3 Å². The number of ether oxygens (including phenoxy) is 1. The predicted molar refractivity (Wildman–Crippen MR) is 78.7 cm³/mol. The smallest absolute Gasteiger partial charge is 0.309 e. The second kappa shape index (κ2) is 6.74. The molecule has 0 unspecified atom stereocenters. The van der Waals surface area contributed by atoms with Crippen molar-refractivity contribution < 1.29 is 14.3 Å². The molecule has 1 N–H and O–H groups in total. The van der Waals surface area contributed by atoms with Gasteiger partial charge in [0.25, 0.3) is 0 Å². The molecule has 6 nitrogen and oxygen atoms in total. The third kappa shape index (κ3) is 3.25. The summed E-state index contributed by atoms with van der Waals surface area (Å²) in [6.45, 7) is 4.12. The highest BCUT2D eigenvalue weighted by atomic mass is 16.5. The van der Waals surface area contributed by atoms with Crippen molar-refractivity contribution in [3.63, 3.8) is 0 Å². The van der Waals surface area contributed by atoms with E-state index in [1.165, 1.54) is 7.11 Å². The Labute approximate surface area is 124 Å². The van der Waals surface area contributed by atoms with Crippen LogP contribution in [0.25, 0.3) is 0 Å². The lowest BCUT2D eigenvalue weighted by atomic mass is 9.95. The van der Waals surface area contributed by atoms with Gasteiger partial charge in [-0.05, 0) is 26.2 Å². The van der Waals surface area contributed by atoms with Crippen molar-refractivity contribution in [1.29, 1.82) is 0 Å². The standard InChI is InChI=1S/C15H23N3O3/c1-4-10(2)18-13(8-9-16-18)17-14(19)11-6-5-7-12(11)15(20)21-3/h8-12H,4-7H2,1-3H3,(H,17,19)/t10-,11+,12-/m0/s1. The largest absolute Gasteiger partial charge is 0.469 e. The fourth-order valence-corrected chi connectivity index (χ4v) is 2.86. The molecule has 6 heteroatoms. The van der Waals surface area contributed by atoms with Crippen LogP contribution in [0.15, 0.2) is 12.3 Å². The number of methoxy groups -OCH3 is 1. The summed E-state index contributed by atoms with van der Waals surface area (Å²) in [4.78, 5) is 24.2. The number of nitrogens with zero attached hydrogens (tertiary/aromatic N) is 2. The summed E-state index contributed by atoms with van der Waals surface area (Å²) in [5.41, 5.74) is 0. The average molecular weight is 293 g/mol. The molecule has 0 spiro atoms. The Morgan fingerprint density at radius 3 is 2.86 bits per heavy atom. The number of aromatic nitrogens is 2. The maximum Gasteiger partial charge on any atom is 0.309 e. The van der Waals surface area contributed by atoms with Gasteiger partial charge < -0.3 is 10.1 Å². The first-order chi connectivity index (χ1) is 10.1. The molecule has 1 heterocycles.